The van der Waals surface area contributed by atoms with Crippen LogP contribution in [0, 0.1) is 19.7 Å². The minimum absolute atomic E-state index is 0.0897. The largest absolute Gasteiger partial charge is 0.508 e. The van der Waals surface area contributed by atoms with E-state index in [4.69, 9.17) is 9.52 Å². The average molecular weight is 488 g/mol. The first kappa shape index (κ1) is 22.5. The zero-order valence-corrected chi connectivity index (χ0v) is 19.4. The summed E-state index contributed by atoms with van der Waals surface area (Å²) >= 11 is 1.27. The van der Waals surface area contributed by atoms with Gasteiger partial charge in [0.05, 0.1) is 4.88 Å². The molecule has 0 aliphatic carbocycles. The van der Waals surface area contributed by atoms with Crippen LogP contribution >= 0.6 is 11.3 Å². The highest BCUT2D eigenvalue weighted by Crippen LogP contribution is 2.42. The fourth-order valence-electron chi connectivity index (χ4n) is 4.20. The Bertz CT molecular complexity index is 1610. The number of nitrogens with zero attached hydrogens (tertiary/aromatic N) is 1. The second kappa shape index (κ2) is 8.48. The third kappa shape index (κ3) is 3.98. The van der Waals surface area contributed by atoms with E-state index in [0.29, 0.717) is 32.7 Å². The van der Waals surface area contributed by atoms with Gasteiger partial charge in [-0.15, -0.1) is 11.3 Å². The lowest BCUT2D eigenvalue weighted by molar-refractivity contribution is 0.0690. The molecule has 0 amide bonds. The van der Waals surface area contributed by atoms with Crippen LogP contribution < -0.4 is 0 Å². The van der Waals surface area contributed by atoms with Gasteiger partial charge in [0.15, 0.2) is 5.69 Å². The summed E-state index contributed by atoms with van der Waals surface area (Å²) in [5, 5.41) is 19.9. The van der Waals surface area contributed by atoms with Crippen LogP contribution in [0.2, 0.25) is 0 Å². The van der Waals surface area contributed by atoms with Crippen molar-refractivity contribution in [1.29, 1.82) is 0 Å². The first-order valence-corrected chi connectivity index (χ1v) is 11.4. The highest BCUT2D eigenvalue weighted by atomic mass is 32.1. The number of aromatic carboxylic acids is 1. The van der Waals surface area contributed by atoms with Gasteiger partial charge in [-0.05, 0) is 73.0 Å². The molecule has 0 fully saturated rings. The predicted molar refractivity (Wildman–Crippen MR) is 131 cm³/mol. The summed E-state index contributed by atoms with van der Waals surface area (Å²) in [7, 11) is 0. The maximum absolute atomic E-state index is 13.9. The molecule has 0 unspecified atom stereocenters. The predicted octanol–water partition coefficient (Wildman–Crippen LogP) is 6.61. The summed E-state index contributed by atoms with van der Waals surface area (Å²) < 4.78 is 19.9. The average Bonchev–Trinajstić information content (AvgIpc) is 3.44. The van der Waals surface area contributed by atoms with Crippen LogP contribution in [-0.2, 0) is 0 Å². The fourth-order valence-corrected chi connectivity index (χ4v) is 5.40. The molecule has 2 N–H and O–H groups in total. The Balaban J connectivity index is 1.65. The Morgan fingerprint density at radius 3 is 2.26 bits per heavy atom. The maximum atomic E-state index is 13.9. The van der Waals surface area contributed by atoms with E-state index in [9.17, 15) is 19.1 Å². The number of oxazole rings is 1. The summed E-state index contributed by atoms with van der Waals surface area (Å²) in [5.74, 6) is -1.54. The van der Waals surface area contributed by atoms with Crippen LogP contribution in [0.15, 0.2) is 65.3 Å². The number of phenolic OH excluding ortho intramolecular Hbond substituents is 1. The highest BCUT2D eigenvalue weighted by molar-refractivity contribution is 7.21. The third-order valence-electron chi connectivity index (χ3n) is 5.75. The van der Waals surface area contributed by atoms with Crippen LogP contribution in [0.4, 0.5) is 4.39 Å². The zero-order chi connectivity index (χ0) is 24.9. The number of fused-ring (bicyclic) bond motifs is 1. The molecule has 5 aromatic rings. The Kier molecular flexibility index (Phi) is 5.45. The highest BCUT2D eigenvalue weighted by Gasteiger charge is 2.24. The van der Waals surface area contributed by atoms with Crippen molar-refractivity contribution >= 4 is 33.2 Å². The number of halogens is 1. The molecule has 0 aliphatic rings. The quantitative estimate of drug-likeness (QED) is 0.270. The normalized spacial score (nSPS) is 11.2. The Labute approximate surface area is 202 Å². The van der Waals surface area contributed by atoms with Gasteiger partial charge in [0.2, 0.25) is 11.7 Å². The molecule has 0 spiro atoms. The second-order valence-corrected chi connectivity index (χ2v) is 9.20. The first-order chi connectivity index (χ1) is 16.7. The number of carboxylic acid groups (broad SMARTS) is 1. The lowest BCUT2D eigenvalue weighted by Gasteiger charge is -2.10. The van der Waals surface area contributed by atoms with E-state index in [2.05, 4.69) is 4.98 Å². The monoisotopic (exact) mass is 487 g/mol. The van der Waals surface area contributed by atoms with Crippen molar-refractivity contribution in [3.63, 3.8) is 0 Å². The Morgan fingerprint density at radius 1 is 0.971 bits per heavy atom. The molecule has 2 heterocycles. The summed E-state index contributed by atoms with van der Waals surface area (Å²) in [6.07, 6.45) is 1.08. The van der Waals surface area contributed by atoms with Gasteiger partial charge in [0.25, 0.3) is 0 Å². The minimum atomic E-state index is -1.18. The number of carbonyl (C=O) groups is 2. The van der Waals surface area contributed by atoms with Crippen molar-refractivity contribution in [2.45, 2.75) is 13.8 Å². The Hall–Kier alpha value is -4.30. The van der Waals surface area contributed by atoms with Crippen LogP contribution in [0.5, 0.6) is 5.75 Å². The van der Waals surface area contributed by atoms with Gasteiger partial charge in [-0.1, -0.05) is 12.1 Å². The fraction of sp³-hybridized carbons (Fsp3) is 0.0741. The van der Waals surface area contributed by atoms with Crippen molar-refractivity contribution in [2.75, 3.05) is 0 Å². The molecule has 6 nitrogen and oxygen atoms in total. The summed E-state index contributed by atoms with van der Waals surface area (Å²) in [5.41, 5.74) is 3.38. The smallest absolute Gasteiger partial charge is 0.357 e. The molecule has 3 aromatic carbocycles. The third-order valence-corrected chi connectivity index (χ3v) is 6.90. The number of aryl methyl sites for hydroxylation is 2. The van der Waals surface area contributed by atoms with E-state index in [0.717, 1.165) is 21.9 Å². The van der Waals surface area contributed by atoms with Crippen molar-refractivity contribution < 1.29 is 28.6 Å². The van der Waals surface area contributed by atoms with Gasteiger partial charge in [-0.25, -0.2) is 14.2 Å². The van der Waals surface area contributed by atoms with E-state index in [1.807, 2.05) is 0 Å². The van der Waals surface area contributed by atoms with Crippen LogP contribution in [0.1, 0.15) is 36.9 Å². The first-order valence-electron chi connectivity index (χ1n) is 10.6. The number of hydrogen-bond donors (Lipinski definition) is 2. The lowest BCUT2D eigenvalue weighted by atomic mass is 9.93. The molecular formula is C27H18FNO5S. The number of ketones is 1. The van der Waals surface area contributed by atoms with Crippen molar-refractivity contribution in [3.8, 4) is 28.3 Å². The van der Waals surface area contributed by atoms with Crippen LogP contribution in [0.3, 0.4) is 0 Å². The molecule has 2 aromatic heterocycles. The number of aromatic nitrogens is 1. The van der Waals surface area contributed by atoms with Gasteiger partial charge < -0.3 is 14.6 Å². The Morgan fingerprint density at radius 2 is 1.63 bits per heavy atom. The van der Waals surface area contributed by atoms with E-state index >= 15 is 0 Å². The van der Waals surface area contributed by atoms with Gasteiger partial charge in [-0.2, -0.15) is 0 Å². The number of rotatable bonds is 5. The number of carbonyl (C=O) groups excluding carboxylic acids is 1. The number of hydrogen-bond acceptors (Lipinski definition) is 6. The molecule has 0 atom stereocenters. The van der Waals surface area contributed by atoms with E-state index in [1.165, 1.54) is 23.5 Å². The van der Waals surface area contributed by atoms with Gasteiger partial charge >= 0.3 is 5.97 Å². The molecule has 0 saturated heterocycles. The summed E-state index contributed by atoms with van der Waals surface area (Å²) in [6, 6.07) is 14.7. The standard InChI is InChI=1S/C27H18FNO5S/c1-13-9-17(28)10-14(2)22(13)24(31)25-23(19-8-7-18(30)11-21(19)35-25)15-3-5-16(6-4-15)26-29-20(12-34-26)27(32)33/h3-12,30H,1-2H3,(H,32,33). The number of aromatic hydroxyl groups is 1. The van der Waals surface area contributed by atoms with Gasteiger partial charge in [0.1, 0.15) is 17.8 Å². The molecular weight excluding hydrogens is 469 g/mol. The van der Waals surface area contributed by atoms with Crippen molar-refractivity contribution in [3.05, 3.63) is 93.9 Å². The molecule has 0 saturated carbocycles. The van der Waals surface area contributed by atoms with Crippen LogP contribution in [-0.4, -0.2) is 26.9 Å². The van der Waals surface area contributed by atoms with Gasteiger partial charge in [0, 0.05) is 26.8 Å². The van der Waals surface area contributed by atoms with Crippen LogP contribution in [0.25, 0.3) is 32.7 Å². The summed E-state index contributed by atoms with van der Waals surface area (Å²) in [6.45, 7) is 3.41. The van der Waals surface area contributed by atoms with Crippen molar-refractivity contribution in [2.24, 2.45) is 0 Å². The molecule has 174 valence electrons. The molecule has 5 rings (SSSR count). The van der Waals surface area contributed by atoms with E-state index < -0.39 is 11.8 Å². The molecule has 8 heteroatoms. The maximum Gasteiger partial charge on any atom is 0.357 e. The van der Waals surface area contributed by atoms with E-state index in [1.54, 1.807) is 56.3 Å². The molecule has 35 heavy (non-hydrogen) atoms. The van der Waals surface area contributed by atoms with Crippen molar-refractivity contribution in [1.82, 2.24) is 4.98 Å². The summed E-state index contributed by atoms with van der Waals surface area (Å²) in [4.78, 5) is 29.3. The number of benzene rings is 3. The molecule has 0 radical (unpaired) electrons. The zero-order valence-electron chi connectivity index (χ0n) is 18.6. The second-order valence-electron chi connectivity index (χ2n) is 8.15. The van der Waals surface area contributed by atoms with E-state index in [-0.39, 0.29) is 23.1 Å². The van der Waals surface area contributed by atoms with Gasteiger partial charge in [-0.3, -0.25) is 4.79 Å². The number of phenols is 1. The molecule has 0 bridgehead atoms. The molecule has 0 aliphatic heterocycles. The topological polar surface area (TPSA) is 101 Å². The minimum Gasteiger partial charge on any atom is -0.508 e. The lowest BCUT2D eigenvalue weighted by Crippen LogP contribution is -2.06. The number of carboxylic acids is 1. The SMILES string of the molecule is Cc1cc(F)cc(C)c1C(=O)c1sc2cc(O)ccc2c1-c1ccc(-c2nc(C(=O)O)co2)cc1. The number of thiophene rings is 1.